The Hall–Kier alpha value is -2.37. The molecular formula is C18H15Cl2N3O2. The molecule has 0 bridgehead atoms. The minimum absolute atomic E-state index is 0.472. The van der Waals surface area contributed by atoms with E-state index in [0.29, 0.717) is 21.5 Å². The highest BCUT2D eigenvalue weighted by atomic mass is 35.5. The molecule has 0 unspecified atom stereocenters. The summed E-state index contributed by atoms with van der Waals surface area (Å²) in [7, 11) is 3.26. The zero-order valence-electron chi connectivity index (χ0n) is 13.6. The summed E-state index contributed by atoms with van der Waals surface area (Å²) in [5.41, 5.74) is 4.97. The maximum atomic E-state index is 6.26. The molecule has 3 aromatic rings. The number of aromatic amines is 1. The van der Waals surface area contributed by atoms with E-state index in [0.717, 1.165) is 40.3 Å². The van der Waals surface area contributed by atoms with Gasteiger partial charge in [-0.25, -0.2) is 0 Å². The first-order chi connectivity index (χ1) is 12.1. The van der Waals surface area contributed by atoms with E-state index in [2.05, 4.69) is 15.5 Å². The van der Waals surface area contributed by atoms with Gasteiger partial charge in [0.05, 0.1) is 35.6 Å². The molecule has 1 heterocycles. The van der Waals surface area contributed by atoms with Crippen LogP contribution in [0.5, 0.6) is 11.5 Å². The average molecular weight is 376 g/mol. The van der Waals surface area contributed by atoms with Crippen molar-refractivity contribution in [1.82, 2.24) is 10.2 Å². The van der Waals surface area contributed by atoms with Crippen molar-refractivity contribution in [2.45, 2.75) is 6.42 Å². The first-order valence-corrected chi connectivity index (χ1v) is 8.41. The number of anilines is 2. The van der Waals surface area contributed by atoms with Gasteiger partial charge in [-0.15, -0.1) is 0 Å². The number of H-pyrrole nitrogens is 1. The van der Waals surface area contributed by atoms with Crippen LogP contribution in [-0.4, -0.2) is 24.4 Å². The molecule has 25 heavy (non-hydrogen) atoms. The first kappa shape index (κ1) is 16.1. The highest BCUT2D eigenvalue weighted by Crippen LogP contribution is 2.44. The van der Waals surface area contributed by atoms with Crippen molar-refractivity contribution in [3.63, 3.8) is 0 Å². The van der Waals surface area contributed by atoms with Gasteiger partial charge in [0, 0.05) is 17.5 Å². The number of hydrogen-bond donors (Lipinski definition) is 2. The van der Waals surface area contributed by atoms with E-state index >= 15 is 0 Å². The van der Waals surface area contributed by atoms with Gasteiger partial charge < -0.3 is 14.8 Å². The molecule has 4 rings (SSSR count). The quantitative estimate of drug-likeness (QED) is 0.523. The smallest absolute Gasteiger partial charge is 0.161 e. The van der Waals surface area contributed by atoms with Gasteiger partial charge >= 0.3 is 0 Å². The molecule has 2 N–H and O–H groups in total. The summed E-state index contributed by atoms with van der Waals surface area (Å²) < 4.78 is 10.8. The van der Waals surface area contributed by atoms with Crippen LogP contribution in [0.15, 0.2) is 30.3 Å². The molecular weight excluding hydrogens is 361 g/mol. The van der Waals surface area contributed by atoms with Crippen LogP contribution in [-0.2, 0) is 6.42 Å². The Morgan fingerprint density at radius 3 is 2.64 bits per heavy atom. The number of benzene rings is 2. The Balaban J connectivity index is 1.73. The molecule has 0 aliphatic heterocycles. The molecule has 0 amide bonds. The molecule has 1 aliphatic carbocycles. The Morgan fingerprint density at radius 2 is 1.88 bits per heavy atom. The molecule has 1 aliphatic rings. The third-order valence-electron chi connectivity index (χ3n) is 4.32. The topological polar surface area (TPSA) is 59.2 Å². The third-order valence-corrected chi connectivity index (χ3v) is 5.14. The van der Waals surface area contributed by atoms with Crippen molar-refractivity contribution in [2.24, 2.45) is 0 Å². The van der Waals surface area contributed by atoms with Gasteiger partial charge in [0.25, 0.3) is 0 Å². The van der Waals surface area contributed by atoms with Crippen molar-refractivity contribution in [3.05, 3.63) is 51.5 Å². The van der Waals surface area contributed by atoms with Gasteiger partial charge in [0.15, 0.2) is 17.3 Å². The number of methoxy groups -OCH3 is 2. The number of fused-ring (bicyclic) bond motifs is 3. The second-order valence-corrected chi connectivity index (χ2v) is 6.48. The third kappa shape index (κ3) is 2.60. The molecule has 0 radical (unpaired) electrons. The fourth-order valence-corrected chi connectivity index (χ4v) is 3.43. The molecule has 0 saturated heterocycles. The van der Waals surface area contributed by atoms with E-state index in [9.17, 15) is 0 Å². The summed E-state index contributed by atoms with van der Waals surface area (Å²) in [4.78, 5) is 0. The predicted octanol–water partition coefficient (Wildman–Crippen LogP) is 5.05. The molecule has 128 valence electrons. The fourth-order valence-electron chi connectivity index (χ4n) is 3.08. The lowest BCUT2D eigenvalue weighted by Crippen LogP contribution is -1.96. The second-order valence-electron chi connectivity index (χ2n) is 5.69. The van der Waals surface area contributed by atoms with Gasteiger partial charge in [-0.3, -0.25) is 5.10 Å². The maximum absolute atomic E-state index is 6.26. The highest BCUT2D eigenvalue weighted by Gasteiger charge is 2.27. The Labute approximate surface area is 154 Å². The lowest BCUT2D eigenvalue weighted by atomic mass is 10.1. The minimum atomic E-state index is 0.472. The van der Waals surface area contributed by atoms with Crippen LogP contribution in [0.2, 0.25) is 10.0 Å². The summed E-state index contributed by atoms with van der Waals surface area (Å²) in [6.45, 7) is 0. The zero-order valence-corrected chi connectivity index (χ0v) is 15.1. The maximum Gasteiger partial charge on any atom is 0.161 e. The lowest BCUT2D eigenvalue weighted by molar-refractivity contribution is 0.355. The van der Waals surface area contributed by atoms with E-state index in [4.69, 9.17) is 32.7 Å². The average Bonchev–Trinajstić information content (AvgIpc) is 3.17. The predicted molar refractivity (Wildman–Crippen MR) is 99.7 cm³/mol. The van der Waals surface area contributed by atoms with Gasteiger partial charge in [-0.2, -0.15) is 5.10 Å². The van der Waals surface area contributed by atoms with Gasteiger partial charge in [-0.1, -0.05) is 29.3 Å². The number of nitrogens with zero attached hydrogens (tertiary/aromatic N) is 1. The number of ether oxygens (including phenoxy) is 2. The van der Waals surface area contributed by atoms with Crippen LogP contribution < -0.4 is 14.8 Å². The summed E-state index contributed by atoms with van der Waals surface area (Å²) in [5.74, 6) is 2.14. The van der Waals surface area contributed by atoms with Crippen molar-refractivity contribution in [2.75, 3.05) is 19.5 Å². The van der Waals surface area contributed by atoms with Gasteiger partial charge in [-0.05, 0) is 29.8 Å². The molecule has 0 atom stereocenters. The van der Waals surface area contributed by atoms with Gasteiger partial charge in [0.2, 0.25) is 0 Å². The number of hydrogen-bond acceptors (Lipinski definition) is 4. The van der Waals surface area contributed by atoms with E-state index in [1.165, 1.54) is 0 Å². The molecule has 0 saturated carbocycles. The summed E-state index contributed by atoms with van der Waals surface area (Å²) in [6.07, 6.45) is 0.738. The van der Waals surface area contributed by atoms with Crippen LogP contribution in [0, 0.1) is 0 Å². The van der Waals surface area contributed by atoms with Crippen molar-refractivity contribution in [1.29, 1.82) is 0 Å². The van der Waals surface area contributed by atoms with Crippen LogP contribution in [0.25, 0.3) is 11.3 Å². The number of aromatic nitrogens is 2. The monoisotopic (exact) mass is 375 g/mol. The van der Waals surface area contributed by atoms with Crippen LogP contribution in [0.1, 0.15) is 11.1 Å². The lowest BCUT2D eigenvalue weighted by Gasteiger charge is -2.10. The van der Waals surface area contributed by atoms with Crippen molar-refractivity contribution >= 4 is 34.7 Å². The SMILES string of the molecule is COc1cc2c(cc1OC)-c1[nH]nc(Nc3cccc(Cl)c3Cl)c1C2. The summed E-state index contributed by atoms with van der Waals surface area (Å²) in [6, 6.07) is 9.42. The molecule has 0 fully saturated rings. The highest BCUT2D eigenvalue weighted by molar-refractivity contribution is 6.43. The van der Waals surface area contributed by atoms with Gasteiger partial charge in [0.1, 0.15) is 0 Å². The molecule has 5 nitrogen and oxygen atoms in total. The van der Waals surface area contributed by atoms with E-state index in [1.54, 1.807) is 20.3 Å². The zero-order chi connectivity index (χ0) is 17.6. The van der Waals surface area contributed by atoms with Crippen molar-refractivity contribution in [3.8, 4) is 22.8 Å². The molecule has 7 heteroatoms. The largest absolute Gasteiger partial charge is 0.493 e. The van der Waals surface area contributed by atoms with E-state index in [1.807, 2.05) is 24.3 Å². The van der Waals surface area contributed by atoms with Crippen LogP contribution in [0.4, 0.5) is 11.5 Å². The second kappa shape index (κ2) is 6.17. The number of rotatable bonds is 4. The number of nitrogens with one attached hydrogen (secondary N) is 2. The van der Waals surface area contributed by atoms with E-state index < -0.39 is 0 Å². The Bertz CT molecular complexity index is 969. The van der Waals surface area contributed by atoms with Crippen LogP contribution >= 0.6 is 23.2 Å². The fraction of sp³-hybridized carbons (Fsp3) is 0.167. The standard InChI is InChI=1S/C18H15Cl2N3O2/c1-24-14-7-9-6-11-17(10(9)8-15(14)25-2)22-23-18(11)21-13-5-3-4-12(19)16(13)20/h3-5,7-8H,6H2,1-2H3,(H2,21,22,23). The van der Waals surface area contributed by atoms with Crippen molar-refractivity contribution < 1.29 is 9.47 Å². The number of halogens is 2. The molecule has 2 aromatic carbocycles. The normalized spacial score (nSPS) is 11.8. The molecule has 1 aromatic heterocycles. The molecule has 0 spiro atoms. The first-order valence-electron chi connectivity index (χ1n) is 7.66. The Morgan fingerprint density at radius 1 is 1.12 bits per heavy atom. The summed E-state index contributed by atoms with van der Waals surface area (Å²) >= 11 is 12.3. The minimum Gasteiger partial charge on any atom is -0.493 e. The van der Waals surface area contributed by atoms with Crippen LogP contribution in [0.3, 0.4) is 0 Å². The summed E-state index contributed by atoms with van der Waals surface area (Å²) in [5, 5.41) is 11.7. The van der Waals surface area contributed by atoms with E-state index in [-0.39, 0.29) is 0 Å². The Kier molecular flexibility index (Phi) is 3.98.